The third-order valence-electron chi connectivity index (χ3n) is 1.42. The second-order valence-electron chi connectivity index (χ2n) is 2.32. The molecule has 0 aromatic carbocycles. The Morgan fingerprint density at radius 1 is 1.73 bits per heavy atom. The number of carbonyl (C=O) groups excluding carboxylic acids is 1. The van der Waals surface area contributed by atoms with Gasteiger partial charge in [0.05, 0.1) is 6.42 Å². The Morgan fingerprint density at radius 3 is 2.82 bits per heavy atom. The molecule has 4 heteroatoms. The molecule has 0 aromatic heterocycles. The van der Waals surface area contributed by atoms with E-state index in [-0.39, 0.29) is 6.42 Å². The summed E-state index contributed by atoms with van der Waals surface area (Å²) in [7, 11) is 0. The molecule has 0 fully saturated rings. The van der Waals surface area contributed by atoms with Gasteiger partial charge in [-0.05, 0) is 12.2 Å². The number of carboxylic acids is 1. The van der Waals surface area contributed by atoms with Crippen molar-refractivity contribution in [3.05, 3.63) is 12.2 Å². The monoisotopic (exact) mass is 153 g/mol. The highest BCUT2D eigenvalue weighted by Crippen LogP contribution is 2.18. The van der Waals surface area contributed by atoms with Gasteiger partial charge in [0.2, 0.25) is 0 Å². The average Bonchev–Trinajstić information content (AvgIpc) is 2.36. The number of carbonyl (C=O) groups is 2. The third-order valence-corrected chi connectivity index (χ3v) is 1.42. The first-order chi connectivity index (χ1) is 5.18. The Morgan fingerprint density at radius 2 is 2.45 bits per heavy atom. The van der Waals surface area contributed by atoms with Crippen LogP contribution in [0.5, 0.6) is 0 Å². The summed E-state index contributed by atoms with van der Waals surface area (Å²) in [4.78, 5) is 24.4. The summed E-state index contributed by atoms with van der Waals surface area (Å²) >= 11 is 0. The van der Waals surface area contributed by atoms with Gasteiger partial charge in [-0.2, -0.15) is 0 Å². The van der Waals surface area contributed by atoms with Gasteiger partial charge in [-0.3, -0.25) is 9.79 Å². The van der Waals surface area contributed by atoms with Crippen LogP contribution in [0.3, 0.4) is 0 Å². The van der Waals surface area contributed by atoms with Crippen molar-refractivity contribution in [2.45, 2.75) is 12.0 Å². The highest BCUT2D eigenvalue weighted by Gasteiger charge is 2.30. The van der Waals surface area contributed by atoms with Crippen molar-refractivity contribution in [2.75, 3.05) is 0 Å². The molecule has 0 radical (unpaired) electrons. The molecule has 1 aliphatic rings. The fraction of sp³-hybridized carbons (Fsp3) is 0.286. The van der Waals surface area contributed by atoms with Crippen molar-refractivity contribution >= 4 is 18.5 Å². The van der Waals surface area contributed by atoms with Gasteiger partial charge in [0, 0.05) is 6.21 Å². The molecule has 1 unspecified atom stereocenters. The maximum Gasteiger partial charge on any atom is 0.306 e. The predicted octanol–water partition coefficient (Wildman–Crippen LogP) is 0.0394. The van der Waals surface area contributed by atoms with E-state index in [1.807, 2.05) is 0 Å². The standard InChI is InChI=1S/C7H7NO3/c9-5-7(4-6(10)11)2-1-3-8-7/h1-3,5H,4H2,(H,10,11). The number of nitrogens with zero attached hydrogens (tertiary/aromatic N) is 1. The zero-order valence-electron chi connectivity index (χ0n) is 5.73. The molecule has 1 N–H and O–H groups in total. The van der Waals surface area contributed by atoms with Crippen molar-refractivity contribution in [3.63, 3.8) is 0 Å². The van der Waals surface area contributed by atoms with Crippen molar-refractivity contribution < 1.29 is 14.7 Å². The van der Waals surface area contributed by atoms with Crippen LogP contribution in [0.2, 0.25) is 0 Å². The Bertz CT molecular complexity index is 230. The van der Waals surface area contributed by atoms with Gasteiger partial charge < -0.3 is 9.90 Å². The quantitative estimate of drug-likeness (QED) is 0.582. The van der Waals surface area contributed by atoms with E-state index in [0.717, 1.165) is 0 Å². The lowest BCUT2D eigenvalue weighted by Gasteiger charge is -2.12. The van der Waals surface area contributed by atoms with Crippen LogP contribution in [0, 0.1) is 0 Å². The second kappa shape index (κ2) is 2.65. The van der Waals surface area contributed by atoms with Crippen LogP contribution in [0.15, 0.2) is 17.1 Å². The number of rotatable bonds is 3. The molecule has 0 aliphatic carbocycles. The van der Waals surface area contributed by atoms with Crippen LogP contribution < -0.4 is 0 Å². The Hall–Kier alpha value is -1.45. The number of aliphatic carboxylic acids is 1. The summed E-state index contributed by atoms with van der Waals surface area (Å²) in [5.41, 5.74) is -1.13. The van der Waals surface area contributed by atoms with Crippen molar-refractivity contribution in [1.29, 1.82) is 0 Å². The first-order valence-electron chi connectivity index (χ1n) is 3.10. The van der Waals surface area contributed by atoms with Gasteiger partial charge in [0.15, 0.2) is 6.29 Å². The van der Waals surface area contributed by atoms with E-state index in [4.69, 9.17) is 5.11 Å². The van der Waals surface area contributed by atoms with Gasteiger partial charge in [0.25, 0.3) is 0 Å². The molecular formula is C7H7NO3. The SMILES string of the molecule is O=CC1(CC(=O)O)C=CC=N1. The molecule has 58 valence electrons. The van der Waals surface area contributed by atoms with Gasteiger partial charge in [0.1, 0.15) is 5.54 Å². The molecule has 4 nitrogen and oxygen atoms in total. The van der Waals surface area contributed by atoms with Crippen LogP contribution >= 0.6 is 0 Å². The molecule has 1 rings (SSSR count). The smallest absolute Gasteiger partial charge is 0.306 e. The first kappa shape index (κ1) is 7.65. The van der Waals surface area contributed by atoms with Crippen LogP contribution in [0.1, 0.15) is 6.42 Å². The van der Waals surface area contributed by atoms with E-state index >= 15 is 0 Å². The molecule has 0 aromatic rings. The summed E-state index contributed by atoms with van der Waals surface area (Å²) in [6.45, 7) is 0. The summed E-state index contributed by atoms with van der Waals surface area (Å²) in [5, 5.41) is 8.40. The maximum absolute atomic E-state index is 10.4. The molecule has 11 heavy (non-hydrogen) atoms. The zero-order chi connectivity index (χ0) is 8.32. The Balaban J connectivity index is 2.77. The van der Waals surface area contributed by atoms with Crippen LogP contribution in [0.4, 0.5) is 0 Å². The predicted molar refractivity (Wildman–Crippen MR) is 38.7 cm³/mol. The second-order valence-corrected chi connectivity index (χ2v) is 2.32. The average molecular weight is 153 g/mol. The van der Waals surface area contributed by atoms with E-state index in [0.29, 0.717) is 6.29 Å². The number of hydrogen-bond donors (Lipinski definition) is 1. The molecule has 1 aliphatic heterocycles. The lowest BCUT2D eigenvalue weighted by Crippen LogP contribution is -2.27. The topological polar surface area (TPSA) is 66.7 Å². The van der Waals surface area contributed by atoms with Crippen LogP contribution in [0.25, 0.3) is 0 Å². The molecule has 0 saturated heterocycles. The first-order valence-corrected chi connectivity index (χ1v) is 3.10. The van der Waals surface area contributed by atoms with E-state index < -0.39 is 11.5 Å². The van der Waals surface area contributed by atoms with Crippen LogP contribution in [-0.2, 0) is 9.59 Å². The van der Waals surface area contributed by atoms with Crippen molar-refractivity contribution in [3.8, 4) is 0 Å². The fourth-order valence-corrected chi connectivity index (χ4v) is 0.893. The van der Waals surface area contributed by atoms with E-state index in [2.05, 4.69) is 4.99 Å². The number of hydrogen-bond acceptors (Lipinski definition) is 3. The maximum atomic E-state index is 10.4. The minimum absolute atomic E-state index is 0.274. The highest BCUT2D eigenvalue weighted by atomic mass is 16.4. The van der Waals surface area contributed by atoms with Gasteiger partial charge in [-0.15, -0.1) is 0 Å². The molecular weight excluding hydrogens is 146 g/mol. The molecule has 0 amide bonds. The van der Waals surface area contributed by atoms with Gasteiger partial charge in [-0.25, -0.2) is 0 Å². The molecule has 0 bridgehead atoms. The molecule has 1 heterocycles. The third kappa shape index (κ3) is 1.52. The summed E-state index contributed by atoms with van der Waals surface area (Å²) in [5.74, 6) is -1.03. The lowest BCUT2D eigenvalue weighted by molar-refractivity contribution is -0.139. The molecule has 0 saturated carbocycles. The van der Waals surface area contributed by atoms with E-state index in [9.17, 15) is 9.59 Å². The fourth-order valence-electron chi connectivity index (χ4n) is 0.893. The zero-order valence-corrected chi connectivity index (χ0v) is 5.73. The Labute approximate surface area is 63.2 Å². The van der Waals surface area contributed by atoms with E-state index in [1.165, 1.54) is 12.3 Å². The number of carboxylic acid groups (broad SMARTS) is 1. The van der Waals surface area contributed by atoms with Crippen molar-refractivity contribution in [1.82, 2.24) is 0 Å². The van der Waals surface area contributed by atoms with Crippen molar-refractivity contribution in [2.24, 2.45) is 4.99 Å². The van der Waals surface area contributed by atoms with Gasteiger partial charge in [-0.1, -0.05) is 0 Å². The summed E-state index contributed by atoms with van der Waals surface area (Å²) in [6.07, 6.45) is 4.74. The summed E-state index contributed by atoms with van der Waals surface area (Å²) < 4.78 is 0. The Kier molecular flexibility index (Phi) is 1.85. The highest BCUT2D eigenvalue weighted by molar-refractivity contribution is 5.87. The molecule has 0 spiro atoms. The van der Waals surface area contributed by atoms with Gasteiger partial charge >= 0.3 is 5.97 Å². The minimum atomic E-state index is -1.13. The number of aliphatic imine (C=N–C) groups is 1. The molecule has 1 atom stereocenters. The number of aldehydes is 1. The lowest BCUT2D eigenvalue weighted by atomic mass is 9.99. The van der Waals surface area contributed by atoms with E-state index in [1.54, 1.807) is 6.08 Å². The largest absolute Gasteiger partial charge is 0.481 e. The van der Waals surface area contributed by atoms with Crippen LogP contribution in [-0.4, -0.2) is 29.1 Å². The minimum Gasteiger partial charge on any atom is -0.481 e. The number of allylic oxidation sites excluding steroid dienone is 1. The normalized spacial score (nSPS) is 27.3. The summed E-state index contributed by atoms with van der Waals surface area (Å²) in [6, 6.07) is 0.